The number of ether oxygens (including phenoxy) is 2. The van der Waals surface area contributed by atoms with E-state index >= 15 is 0 Å². The molecule has 1 aliphatic heterocycles. The number of carbonyl (C=O) groups excluding carboxylic acids is 4. The summed E-state index contributed by atoms with van der Waals surface area (Å²) < 4.78 is 10.3. The van der Waals surface area contributed by atoms with E-state index in [1.54, 1.807) is 24.3 Å². The normalized spacial score (nSPS) is 24.7. The number of hydrogen-bond acceptors (Lipinski definition) is 6. The third-order valence-corrected chi connectivity index (χ3v) is 9.98. The number of ketones is 1. The van der Waals surface area contributed by atoms with Crippen molar-refractivity contribution < 1.29 is 28.7 Å². The van der Waals surface area contributed by atoms with Crippen molar-refractivity contribution in [3.63, 3.8) is 0 Å². The van der Waals surface area contributed by atoms with E-state index in [-0.39, 0.29) is 17.0 Å². The van der Waals surface area contributed by atoms with Crippen LogP contribution < -0.4 is 9.64 Å². The average Bonchev–Trinajstić information content (AvgIpc) is 3.33. The second kappa shape index (κ2) is 9.79. The van der Waals surface area contributed by atoms with Gasteiger partial charge in [-0.3, -0.25) is 14.4 Å². The first-order valence-corrected chi connectivity index (χ1v) is 14.4. The van der Waals surface area contributed by atoms with Gasteiger partial charge in [0.15, 0.2) is 12.4 Å². The number of alkyl halides is 2. The van der Waals surface area contributed by atoms with Crippen LogP contribution in [0.5, 0.6) is 5.75 Å². The average molecular weight is 612 g/mol. The molecule has 1 saturated heterocycles. The molecule has 0 aromatic heterocycles. The van der Waals surface area contributed by atoms with Crippen LogP contribution in [0.3, 0.4) is 0 Å². The van der Waals surface area contributed by atoms with E-state index in [4.69, 9.17) is 32.7 Å². The van der Waals surface area contributed by atoms with Gasteiger partial charge in [-0.05, 0) is 70.8 Å². The maximum absolute atomic E-state index is 14.1. The van der Waals surface area contributed by atoms with E-state index in [0.29, 0.717) is 11.3 Å². The molecule has 4 aromatic carbocycles. The van der Waals surface area contributed by atoms with Crippen LogP contribution in [0.25, 0.3) is 0 Å². The van der Waals surface area contributed by atoms with Crippen molar-refractivity contribution in [2.24, 2.45) is 11.8 Å². The minimum absolute atomic E-state index is 0.158. The van der Waals surface area contributed by atoms with Gasteiger partial charge in [0.2, 0.25) is 11.8 Å². The standard InChI is InChI=1S/C34H23Cl2NO6/c1-42-22-16-12-19(13-17-22)27(38)18-43-32(41)20-10-14-21(15-11-20)37-30(39)28-29(31(37)40)34(36)24-7-3-2-6-23(24)33(28,35)25-8-4-5-9-26(25)34/h2-17,28-29H,18H2,1H3/t28-,29-,33?,34?/m1/s1. The highest BCUT2D eigenvalue weighted by atomic mass is 35.5. The van der Waals surface area contributed by atoms with Gasteiger partial charge in [0.25, 0.3) is 0 Å². The number of nitrogens with zero attached hydrogens (tertiary/aromatic N) is 1. The van der Waals surface area contributed by atoms with Gasteiger partial charge in [-0.25, -0.2) is 9.69 Å². The molecule has 1 fully saturated rings. The second-order valence-corrected chi connectivity index (χ2v) is 11.9. The summed E-state index contributed by atoms with van der Waals surface area (Å²) in [6.07, 6.45) is 0. The first-order valence-electron chi connectivity index (χ1n) is 13.6. The fraction of sp³-hybridized carbons (Fsp3) is 0.176. The van der Waals surface area contributed by atoms with Crippen molar-refractivity contribution in [1.29, 1.82) is 0 Å². The maximum Gasteiger partial charge on any atom is 0.338 e. The molecule has 2 amide bonds. The van der Waals surface area contributed by atoms with Gasteiger partial charge in [-0.2, -0.15) is 0 Å². The van der Waals surface area contributed by atoms with Crippen LogP contribution in [0.4, 0.5) is 5.69 Å². The van der Waals surface area contributed by atoms with Crippen LogP contribution in [0.2, 0.25) is 0 Å². The Hall–Kier alpha value is -4.46. The predicted molar refractivity (Wildman–Crippen MR) is 160 cm³/mol. The molecule has 214 valence electrons. The van der Waals surface area contributed by atoms with Crippen molar-refractivity contribution >= 4 is 52.5 Å². The quantitative estimate of drug-likeness (QED) is 0.118. The molecule has 43 heavy (non-hydrogen) atoms. The summed E-state index contributed by atoms with van der Waals surface area (Å²) in [6.45, 7) is -0.448. The Morgan fingerprint density at radius 3 is 1.58 bits per heavy atom. The molecule has 7 nitrogen and oxygen atoms in total. The number of imide groups is 1. The molecule has 2 bridgehead atoms. The first kappa shape index (κ1) is 27.4. The fourth-order valence-electron chi connectivity index (χ4n) is 6.74. The molecule has 0 unspecified atom stereocenters. The maximum atomic E-state index is 14.1. The van der Waals surface area contributed by atoms with Crippen molar-refractivity contribution in [1.82, 2.24) is 0 Å². The Morgan fingerprint density at radius 1 is 0.698 bits per heavy atom. The van der Waals surface area contributed by atoms with Crippen molar-refractivity contribution in [2.45, 2.75) is 9.75 Å². The third-order valence-electron chi connectivity index (χ3n) is 8.69. The summed E-state index contributed by atoms with van der Waals surface area (Å²) in [5, 5.41) is 0. The van der Waals surface area contributed by atoms with Gasteiger partial charge in [0.05, 0.1) is 30.2 Å². The molecule has 2 atom stereocenters. The number of anilines is 1. The number of amides is 2. The van der Waals surface area contributed by atoms with E-state index in [1.165, 1.54) is 31.4 Å². The summed E-state index contributed by atoms with van der Waals surface area (Å²) >= 11 is 14.9. The van der Waals surface area contributed by atoms with Gasteiger partial charge in [0.1, 0.15) is 15.5 Å². The second-order valence-electron chi connectivity index (χ2n) is 10.8. The summed E-state index contributed by atoms with van der Waals surface area (Å²) in [4.78, 5) is 51.9. The minimum atomic E-state index is -1.28. The molecule has 0 spiro atoms. The van der Waals surface area contributed by atoms with Crippen LogP contribution in [-0.2, 0) is 24.1 Å². The Balaban J connectivity index is 1.16. The zero-order valence-electron chi connectivity index (χ0n) is 22.8. The number of esters is 1. The minimum Gasteiger partial charge on any atom is -0.497 e. The lowest BCUT2D eigenvalue weighted by atomic mass is 9.54. The zero-order chi connectivity index (χ0) is 30.1. The van der Waals surface area contributed by atoms with E-state index in [0.717, 1.165) is 27.2 Å². The summed E-state index contributed by atoms with van der Waals surface area (Å²) in [7, 11) is 1.52. The van der Waals surface area contributed by atoms with Gasteiger partial charge in [-0.1, -0.05) is 48.5 Å². The van der Waals surface area contributed by atoms with Crippen LogP contribution >= 0.6 is 23.2 Å². The van der Waals surface area contributed by atoms with Gasteiger partial charge >= 0.3 is 5.97 Å². The first-order chi connectivity index (χ1) is 20.7. The molecule has 8 rings (SSSR count). The molecule has 9 heteroatoms. The number of benzene rings is 4. The lowest BCUT2D eigenvalue weighted by molar-refractivity contribution is -0.122. The van der Waals surface area contributed by atoms with Gasteiger partial charge in [0, 0.05) is 5.56 Å². The Labute approximate surface area is 256 Å². The Morgan fingerprint density at radius 2 is 1.14 bits per heavy atom. The highest BCUT2D eigenvalue weighted by Gasteiger charge is 2.73. The van der Waals surface area contributed by atoms with E-state index in [1.807, 2.05) is 48.5 Å². The summed E-state index contributed by atoms with van der Waals surface area (Å²) in [5.74, 6) is -3.27. The molecule has 0 radical (unpaired) electrons. The smallest absolute Gasteiger partial charge is 0.338 e. The summed E-state index contributed by atoms with van der Waals surface area (Å²) in [6, 6.07) is 27.2. The molecule has 0 N–H and O–H groups in total. The number of halogens is 2. The van der Waals surface area contributed by atoms with Crippen LogP contribution in [-0.4, -0.2) is 37.3 Å². The molecule has 1 heterocycles. The lowest BCUT2D eigenvalue weighted by Gasteiger charge is -2.54. The molecule has 3 aliphatic carbocycles. The monoisotopic (exact) mass is 611 g/mol. The number of hydrogen-bond donors (Lipinski definition) is 0. The van der Waals surface area contributed by atoms with E-state index in [9.17, 15) is 19.2 Å². The summed E-state index contributed by atoms with van der Waals surface area (Å²) in [5.41, 5.74) is 3.69. The zero-order valence-corrected chi connectivity index (χ0v) is 24.3. The number of Topliss-reactive ketones (excluding diaryl/α,β-unsaturated/α-hetero) is 1. The Bertz CT molecular complexity index is 1710. The van der Waals surface area contributed by atoms with Crippen molar-refractivity contribution in [2.75, 3.05) is 18.6 Å². The molecular formula is C34H23Cl2NO6. The SMILES string of the molecule is COc1ccc(C(=O)COC(=O)c2ccc(N3C(=O)[C@H]4[C@H](C3=O)C3(Cl)c5ccccc5C4(Cl)c4ccccc43)cc2)cc1. The van der Waals surface area contributed by atoms with Gasteiger partial charge in [-0.15, -0.1) is 23.2 Å². The molecule has 0 saturated carbocycles. The van der Waals surface area contributed by atoms with Crippen LogP contribution in [0, 0.1) is 11.8 Å². The molecular weight excluding hydrogens is 589 g/mol. The molecule has 4 aromatic rings. The lowest BCUT2D eigenvalue weighted by Crippen LogP contribution is -2.57. The third kappa shape index (κ3) is 3.74. The largest absolute Gasteiger partial charge is 0.497 e. The van der Waals surface area contributed by atoms with E-state index < -0.39 is 46.0 Å². The molecule has 4 aliphatic rings. The van der Waals surface area contributed by atoms with Crippen molar-refractivity contribution in [3.8, 4) is 5.75 Å². The number of carbonyl (C=O) groups is 4. The van der Waals surface area contributed by atoms with Gasteiger partial charge < -0.3 is 9.47 Å². The topological polar surface area (TPSA) is 90.0 Å². The number of rotatable bonds is 6. The predicted octanol–water partition coefficient (Wildman–Crippen LogP) is 5.83. The Kier molecular flexibility index (Phi) is 6.24. The van der Waals surface area contributed by atoms with Crippen LogP contribution in [0.1, 0.15) is 43.0 Å². The number of methoxy groups -OCH3 is 1. The van der Waals surface area contributed by atoms with Crippen molar-refractivity contribution in [3.05, 3.63) is 130 Å². The highest BCUT2D eigenvalue weighted by Crippen LogP contribution is 2.69. The fourth-order valence-corrected chi connectivity index (χ4v) is 7.84. The highest BCUT2D eigenvalue weighted by molar-refractivity contribution is 6.38. The van der Waals surface area contributed by atoms with E-state index in [2.05, 4.69) is 0 Å². The van der Waals surface area contributed by atoms with Crippen LogP contribution in [0.15, 0.2) is 97.1 Å².